The highest BCUT2D eigenvalue weighted by Gasteiger charge is 2.25. The van der Waals surface area contributed by atoms with Crippen LogP contribution in [0, 0.1) is 11.7 Å². The molecule has 0 amide bonds. The fourth-order valence-electron chi connectivity index (χ4n) is 2.69. The Hall–Kier alpha value is -1.01. The molecule has 1 fully saturated rings. The molecule has 3 nitrogen and oxygen atoms in total. The molecule has 3 N–H and O–H groups in total. The number of rotatable bonds is 3. The third kappa shape index (κ3) is 2.65. The van der Waals surface area contributed by atoms with E-state index >= 15 is 0 Å². The number of hydrazine groups is 1. The van der Waals surface area contributed by atoms with Gasteiger partial charge in [-0.2, -0.15) is 0 Å². The lowest BCUT2D eigenvalue weighted by molar-refractivity contribution is 0.0541. The fourth-order valence-corrected chi connectivity index (χ4v) is 3.89. The van der Waals surface area contributed by atoms with Crippen LogP contribution < -0.4 is 11.3 Å². The smallest absolute Gasteiger partial charge is 0.123 e. The van der Waals surface area contributed by atoms with Crippen molar-refractivity contribution in [3.05, 3.63) is 35.0 Å². The van der Waals surface area contributed by atoms with Crippen molar-refractivity contribution in [2.75, 3.05) is 13.2 Å². The van der Waals surface area contributed by atoms with E-state index in [0.29, 0.717) is 5.92 Å². The molecular weight excluding hydrogens is 263 g/mol. The monoisotopic (exact) mass is 280 g/mol. The van der Waals surface area contributed by atoms with E-state index in [1.54, 1.807) is 17.4 Å². The second-order valence-corrected chi connectivity index (χ2v) is 6.04. The number of hydrogen-bond acceptors (Lipinski definition) is 4. The van der Waals surface area contributed by atoms with Crippen LogP contribution in [0.2, 0.25) is 0 Å². The Morgan fingerprint density at radius 1 is 1.32 bits per heavy atom. The topological polar surface area (TPSA) is 47.3 Å². The zero-order valence-electron chi connectivity index (χ0n) is 10.6. The summed E-state index contributed by atoms with van der Waals surface area (Å²) in [6, 6.07) is 7.08. The first kappa shape index (κ1) is 13.0. The number of halogens is 1. The molecule has 0 spiro atoms. The Morgan fingerprint density at radius 2 is 2.11 bits per heavy atom. The summed E-state index contributed by atoms with van der Waals surface area (Å²) in [5.41, 5.74) is 2.92. The van der Waals surface area contributed by atoms with Gasteiger partial charge in [-0.15, -0.1) is 11.3 Å². The van der Waals surface area contributed by atoms with Crippen molar-refractivity contribution in [3.63, 3.8) is 0 Å². The van der Waals surface area contributed by atoms with Gasteiger partial charge in [0, 0.05) is 22.8 Å². The van der Waals surface area contributed by atoms with Crippen LogP contribution in [-0.2, 0) is 4.74 Å². The Bertz CT molecular complexity index is 566. The number of nitrogens with one attached hydrogen (secondary N) is 1. The normalized spacial score (nSPS) is 18.8. The molecule has 1 atom stereocenters. The van der Waals surface area contributed by atoms with Crippen molar-refractivity contribution in [2.45, 2.75) is 18.9 Å². The summed E-state index contributed by atoms with van der Waals surface area (Å²) < 4.78 is 19.7. The Balaban J connectivity index is 1.91. The minimum Gasteiger partial charge on any atom is -0.381 e. The van der Waals surface area contributed by atoms with Gasteiger partial charge in [0.1, 0.15) is 5.82 Å². The van der Waals surface area contributed by atoms with Crippen molar-refractivity contribution < 1.29 is 9.13 Å². The van der Waals surface area contributed by atoms with Crippen LogP contribution in [0.15, 0.2) is 24.3 Å². The third-order valence-electron chi connectivity index (χ3n) is 3.72. The Morgan fingerprint density at radius 3 is 2.84 bits per heavy atom. The summed E-state index contributed by atoms with van der Waals surface area (Å²) in [6.45, 7) is 1.59. The van der Waals surface area contributed by atoms with E-state index in [-0.39, 0.29) is 11.9 Å². The molecule has 1 aliphatic heterocycles. The molecule has 0 bridgehead atoms. The summed E-state index contributed by atoms with van der Waals surface area (Å²) in [5.74, 6) is 6.02. The lowest BCUT2D eigenvalue weighted by atomic mass is 9.91. The van der Waals surface area contributed by atoms with Gasteiger partial charge < -0.3 is 4.74 Å². The predicted molar refractivity (Wildman–Crippen MR) is 75.4 cm³/mol. The SMILES string of the molecule is NNC(c1cc2cc(F)ccc2s1)C1CCOCC1. The molecule has 1 aromatic heterocycles. The summed E-state index contributed by atoms with van der Waals surface area (Å²) in [6.07, 6.45) is 2.02. The van der Waals surface area contributed by atoms with Crippen LogP contribution >= 0.6 is 11.3 Å². The van der Waals surface area contributed by atoms with Crippen LogP contribution in [0.1, 0.15) is 23.8 Å². The van der Waals surface area contributed by atoms with E-state index in [4.69, 9.17) is 10.6 Å². The first-order valence-electron chi connectivity index (χ1n) is 6.51. The first-order valence-corrected chi connectivity index (χ1v) is 7.32. The summed E-state index contributed by atoms with van der Waals surface area (Å²) >= 11 is 1.68. The molecule has 1 unspecified atom stereocenters. The lowest BCUT2D eigenvalue weighted by Gasteiger charge is -2.29. The number of fused-ring (bicyclic) bond motifs is 1. The summed E-state index contributed by atoms with van der Waals surface area (Å²) in [7, 11) is 0. The third-order valence-corrected chi connectivity index (χ3v) is 4.92. The van der Waals surface area contributed by atoms with Gasteiger partial charge in [0.05, 0.1) is 6.04 Å². The molecule has 1 aromatic carbocycles. The summed E-state index contributed by atoms with van der Waals surface area (Å²) in [5, 5.41) is 0.951. The van der Waals surface area contributed by atoms with Crippen molar-refractivity contribution >= 4 is 21.4 Å². The van der Waals surface area contributed by atoms with Crippen LogP contribution in [0.3, 0.4) is 0 Å². The zero-order valence-corrected chi connectivity index (χ0v) is 11.4. The van der Waals surface area contributed by atoms with Gasteiger partial charge in [-0.1, -0.05) is 0 Å². The van der Waals surface area contributed by atoms with E-state index in [0.717, 1.165) is 36.1 Å². The molecule has 2 aromatic rings. The van der Waals surface area contributed by atoms with E-state index in [2.05, 4.69) is 5.43 Å². The molecule has 3 rings (SSSR count). The van der Waals surface area contributed by atoms with Gasteiger partial charge in [-0.05, 0) is 48.4 Å². The highest BCUT2D eigenvalue weighted by Crippen LogP contribution is 2.36. The number of hydrogen-bond donors (Lipinski definition) is 2. The predicted octanol–water partition coefficient (Wildman–Crippen LogP) is 2.97. The highest BCUT2D eigenvalue weighted by atomic mass is 32.1. The number of ether oxygens (including phenoxy) is 1. The van der Waals surface area contributed by atoms with Crippen molar-refractivity contribution in [2.24, 2.45) is 11.8 Å². The molecule has 0 saturated carbocycles. The molecular formula is C14H17FN2OS. The van der Waals surface area contributed by atoms with E-state index in [1.165, 1.54) is 10.9 Å². The maximum absolute atomic E-state index is 13.2. The quantitative estimate of drug-likeness (QED) is 0.671. The van der Waals surface area contributed by atoms with E-state index in [9.17, 15) is 4.39 Å². The molecule has 19 heavy (non-hydrogen) atoms. The van der Waals surface area contributed by atoms with Crippen molar-refractivity contribution in [3.8, 4) is 0 Å². The molecule has 1 saturated heterocycles. The second-order valence-electron chi connectivity index (χ2n) is 4.93. The number of benzene rings is 1. The van der Waals surface area contributed by atoms with Crippen LogP contribution in [0.5, 0.6) is 0 Å². The molecule has 2 heterocycles. The molecule has 0 radical (unpaired) electrons. The highest BCUT2D eigenvalue weighted by molar-refractivity contribution is 7.19. The largest absolute Gasteiger partial charge is 0.381 e. The number of thiophene rings is 1. The minimum absolute atomic E-state index is 0.129. The van der Waals surface area contributed by atoms with Gasteiger partial charge in [0.2, 0.25) is 0 Å². The molecule has 1 aliphatic rings. The molecule has 5 heteroatoms. The lowest BCUT2D eigenvalue weighted by Crippen LogP contribution is -2.35. The van der Waals surface area contributed by atoms with Crippen molar-refractivity contribution in [1.29, 1.82) is 0 Å². The second kappa shape index (κ2) is 5.54. The van der Waals surface area contributed by atoms with E-state index < -0.39 is 0 Å². The number of nitrogens with two attached hydrogens (primary N) is 1. The Labute approximate surface area is 115 Å². The van der Waals surface area contributed by atoms with Crippen molar-refractivity contribution in [1.82, 2.24) is 5.43 Å². The van der Waals surface area contributed by atoms with Gasteiger partial charge >= 0.3 is 0 Å². The van der Waals surface area contributed by atoms with Gasteiger partial charge in [-0.3, -0.25) is 11.3 Å². The maximum Gasteiger partial charge on any atom is 0.123 e. The minimum atomic E-state index is -0.194. The standard InChI is InChI=1S/C14H17FN2OS/c15-11-1-2-12-10(7-11)8-13(19-12)14(17-16)9-3-5-18-6-4-9/h1-2,7-9,14,17H,3-6,16H2. The van der Waals surface area contributed by atoms with Crippen LogP contribution in [0.25, 0.3) is 10.1 Å². The average Bonchev–Trinajstić information content (AvgIpc) is 2.83. The zero-order chi connectivity index (χ0) is 13.2. The maximum atomic E-state index is 13.2. The van der Waals surface area contributed by atoms with Crippen LogP contribution in [0.4, 0.5) is 4.39 Å². The van der Waals surface area contributed by atoms with E-state index in [1.807, 2.05) is 12.1 Å². The van der Waals surface area contributed by atoms with Gasteiger partial charge in [0.15, 0.2) is 0 Å². The summed E-state index contributed by atoms with van der Waals surface area (Å²) in [4.78, 5) is 1.18. The fraction of sp³-hybridized carbons (Fsp3) is 0.429. The average molecular weight is 280 g/mol. The molecule has 102 valence electrons. The van der Waals surface area contributed by atoms with Gasteiger partial charge in [-0.25, -0.2) is 4.39 Å². The van der Waals surface area contributed by atoms with Crippen LogP contribution in [-0.4, -0.2) is 13.2 Å². The first-order chi connectivity index (χ1) is 9.28. The van der Waals surface area contributed by atoms with Gasteiger partial charge in [0.25, 0.3) is 0 Å². The molecule has 0 aliphatic carbocycles. The Kier molecular flexibility index (Phi) is 3.79.